The molecule has 118 valence electrons. The average Bonchev–Trinajstić information content (AvgIpc) is 3.04. The molecule has 1 aliphatic heterocycles. The summed E-state index contributed by atoms with van der Waals surface area (Å²) in [6, 6.07) is 9.14. The minimum atomic E-state index is -3.44. The van der Waals surface area contributed by atoms with Gasteiger partial charge in [-0.3, -0.25) is 0 Å². The van der Waals surface area contributed by atoms with Crippen LogP contribution in [0.1, 0.15) is 29.2 Å². The number of aryl methyl sites for hydroxylation is 1. The van der Waals surface area contributed by atoms with E-state index >= 15 is 0 Å². The molecule has 1 fully saturated rings. The maximum absolute atomic E-state index is 12.7. The molecule has 2 aromatic rings. The fourth-order valence-electron chi connectivity index (χ4n) is 2.79. The molecule has 1 aliphatic rings. The standard InChI is InChI=1S/C16H18ClNO2S2/c1-12-4-5-14(11-15(12)17)22(19,20)18-8-6-13(7-9-18)16-3-2-10-21-16/h2-5,10-11,13H,6-9H2,1H3. The summed E-state index contributed by atoms with van der Waals surface area (Å²) in [5, 5.41) is 2.57. The van der Waals surface area contributed by atoms with Crippen LogP contribution in [0, 0.1) is 6.92 Å². The molecule has 0 bridgehead atoms. The Morgan fingerprint density at radius 1 is 1.23 bits per heavy atom. The lowest BCUT2D eigenvalue weighted by molar-refractivity contribution is 0.321. The van der Waals surface area contributed by atoms with Gasteiger partial charge in [-0.1, -0.05) is 23.7 Å². The van der Waals surface area contributed by atoms with Crippen LogP contribution in [0.15, 0.2) is 40.6 Å². The Kier molecular flexibility index (Phi) is 4.59. The molecule has 6 heteroatoms. The molecule has 0 spiro atoms. The van der Waals surface area contributed by atoms with Crippen LogP contribution in [-0.4, -0.2) is 25.8 Å². The van der Waals surface area contributed by atoms with Gasteiger partial charge < -0.3 is 0 Å². The Bertz CT molecular complexity index is 748. The molecule has 1 saturated heterocycles. The Morgan fingerprint density at radius 2 is 1.95 bits per heavy atom. The highest BCUT2D eigenvalue weighted by molar-refractivity contribution is 7.89. The van der Waals surface area contributed by atoms with Gasteiger partial charge in [0.1, 0.15) is 0 Å². The molecule has 0 radical (unpaired) electrons. The number of benzene rings is 1. The average molecular weight is 356 g/mol. The largest absolute Gasteiger partial charge is 0.243 e. The summed E-state index contributed by atoms with van der Waals surface area (Å²) in [5.41, 5.74) is 0.886. The van der Waals surface area contributed by atoms with E-state index in [9.17, 15) is 8.42 Å². The van der Waals surface area contributed by atoms with Crippen molar-refractivity contribution < 1.29 is 8.42 Å². The number of hydrogen-bond donors (Lipinski definition) is 0. The van der Waals surface area contributed by atoms with E-state index in [4.69, 9.17) is 11.6 Å². The number of piperidine rings is 1. The second kappa shape index (κ2) is 6.32. The molecule has 22 heavy (non-hydrogen) atoms. The fourth-order valence-corrected chi connectivity index (χ4v) is 5.43. The van der Waals surface area contributed by atoms with Crippen molar-refractivity contribution in [1.82, 2.24) is 4.31 Å². The molecule has 0 saturated carbocycles. The first-order valence-corrected chi connectivity index (χ1v) is 9.98. The third kappa shape index (κ3) is 3.08. The van der Waals surface area contributed by atoms with Crippen LogP contribution in [0.2, 0.25) is 5.02 Å². The van der Waals surface area contributed by atoms with Gasteiger partial charge in [-0.05, 0) is 54.8 Å². The van der Waals surface area contributed by atoms with Crippen molar-refractivity contribution in [1.29, 1.82) is 0 Å². The first-order chi connectivity index (χ1) is 10.5. The lowest BCUT2D eigenvalue weighted by Gasteiger charge is -2.30. The summed E-state index contributed by atoms with van der Waals surface area (Å²) in [6.07, 6.45) is 1.75. The zero-order valence-electron chi connectivity index (χ0n) is 12.3. The molecule has 0 N–H and O–H groups in total. The monoisotopic (exact) mass is 355 g/mol. The van der Waals surface area contributed by atoms with Gasteiger partial charge in [0.2, 0.25) is 10.0 Å². The fraction of sp³-hybridized carbons (Fsp3) is 0.375. The van der Waals surface area contributed by atoms with Crippen molar-refractivity contribution in [2.24, 2.45) is 0 Å². The zero-order chi connectivity index (χ0) is 15.7. The topological polar surface area (TPSA) is 37.4 Å². The van der Waals surface area contributed by atoms with Gasteiger partial charge in [0.05, 0.1) is 4.90 Å². The minimum absolute atomic E-state index is 0.290. The van der Waals surface area contributed by atoms with E-state index in [0.717, 1.165) is 18.4 Å². The predicted molar refractivity (Wildman–Crippen MR) is 91.2 cm³/mol. The number of thiophene rings is 1. The lowest BCUT2D eigenvalue weighted by Crippen LogP contribution is -2.37. The molecular weight excluding hydrogens is 338 g/mol. The van der Waals surface area contributed by atoms with Crippen LogP contribution in [0.25, 0.3) is 0 Å². The summed E-state index contributed by atoms with van der Waals surface area (Å²) < 4.78 is 27.0. The highest BCUT2D eigenvalue weighted by Crippen LogP contribution is 2.33. The Hall–Kier alpha value is -0.880. The van der Waals surface area contributed by atoms with Crippen LogP contribution < -0.4 is 0 Å². The van der Waals surface area contributed by atoms with E-state index in [2.05, 4.69) is 17.5 Å². The second-order valence-electron chi connectivity index (χ2n) is 5.60. The van der Waals surface area contributed by atoms with Gasteiger partial charge in [0.15, 0.2) is 0 Å². The number of rotatable bonds is 3. The van der Waals surface area contributed by atoms with Gasteiger partial charge in [0.25, 0.3) is 0 Å². The SMILES string of the molecule is Cc1ccc(S(=O)(=O)N2CCC(c3cccs3)CC2)cc1Cl. The summed E-state index contributed by atoms with van der Waals surface area (Å²) in [7, 11) is -3.44. The third-order valence-corrected chi connectivity index (χ3v) is 7.52. The van der Waals surface area contributed by atoms with E-state index < -0.39 is 10.0 Å². The van der Waals surface area contributed by atoms with Gasteiger partial charge in [-0.2, -0.15) is 4.31 Å². The molecule has 3 rings (SSSR count). The smallest absolute Gasteiger partial charge is 0.207 e. The van der Waals surface area contributed by atoms with Gasteiger partial charge in [-0.25, -0.2) is 8.42 Å². The van der Waals surface area contributed by atoms with Gasteiger partial charge >= 0.3 is 0 Å². The highest BCUT2D eigenvalue weighted by Gasteiger charge is 2.30. The van der Waals surface area contributed by atoms with Crippen LogP contribution in [0.5, 0.6) is 0 Å². The Balaban J connectivity index is 1.75. The molecule has 3 nitrogen and oxygen atoms in total. The quantitative estimate of drug-likeness (QED) is 0.824. The van der Waals surface area contributed by atoms with E-state index in [1.54, 1.807) is 33.8 Å². The summed E-state index contributed by atoms with van der Waals surface area (Å²) in [4.78, 5) is 1.65. The number of halogens is 1. The number of hydrogen-bond acceptors (Lipinski definition) is 3. The van der Waals surface area contributed by atoms with E-state index in [1.165, 1.54) is 4.88 Å². The molecule has 0 unspecified atom stereocenters. The van der Waals surface area contributed by atoms with E-state index in [1.807, 2.05) is 6.92 Å². The lowest BCUT2D eigenvalue weighted by atomic mass is 9.97. The number of sulfonamides is 1. The summed E-state index contributed by atoms with van der Waals surface area (Å²) in [6.45, 7) is 3.00. The second-order valence-corrected chi connectivity index (χ2v) is 8.93. The van der Waals surface area contributed by atoms with Crippen molar-refractivity contribution in [3.8, 4) is 0 Å². The minimum Gasteiger partial charge on any atom is -0.207 e. The third-order valence-electron chi connectivity index (χ3n) is 4.18. The van der Waals surface area contributed by atoms with Crippen LogP contribution in [0.3, 0.4) is 0 Å². The molecular formula is C16H18ClNO2S2. The van der Waals surface area contributed by atoms with Crippen molar-refractivity contribution in [2.75, 3.05) is 13.1 Å². The summed E-state index contributed by atoms with van der Waals surface area (Å²) >= 11 is 7.82. The van der Waals surface area contributed by atoms with Gasteiger partial charge in [-0.15, -0.1) is 11.3 Å². The van der Waals surface area contributed by atoms with Crippen LogP contribution in [0.4, 0.5) is 0 Å². The summed E-state index contributed by atoms with van der Waals surface area (Å²) in [5.74, 6) is 0.480. The van der Waals surface area contributed by atoms with Crippen LogP contribution in [-0.2, 0) is 10.0 Å². The van der Waals surface area contributed by atoms with Crippen molar-refractivity contribution >= 4 is 33.0 Å². The van der Waals surface area contributed by atoms with Crippen molar-refractivity contribution in [2.45, 2.75) is 30.6 Å². The zero-order valence-corrected chi connectivity index (χ0v) is 14.7. The molecule has 1 aromatic heterocycles. The highest BCUT2D eigenvalue weighted by atomic mass is 35.5. The van der Waals surface area contributed by atoms with Crippen LogP contribution >= 0.6 is 22.9 Å². The maximum atomic E-state index is 12.7. The number of nitrogens with zero attached hydrogens (tertiary/aromatic N) is 1. The molecule has 0 amide bonds. The Morgan fingerprint density at radius 3 is 2.55 bits per heavy atom. The maximum Gasteiger partial charge on any atom is 0.243 e. The van der Waals surface area contributed by atoms with Gasteiger partial charge in [0, 0.05) is 23.0 Å². The molecule has 0 atom stereocenters. The first-order valence-electron chi connectivity index (χ1n) is 7.28. The predicted octanol–water partition coefficient (Wildman–Crippen LogP) is 4.28. The molecule has 2 heterocycles. The first kappa shape index (κ1) is 16.0. The normalized spacial score (nSPS) is 17.7. The van der Waals surface area contributed by atoms with Crippen molar-refractivity contribution in [3.05, 3.63) is 51.2 Å². The molecule has 0 aliphatic carbocycles. The Labute approximate surface area is 140 Å². The van der Waals surface area contributed by atoms with E-state index in [0.29, 0.717) is 24.0 Å². The molecule has 1 aromatic carbocycles. The van der Waals surface area contributed by atoms with Crippen molar-refractivity contribution in [3.63, 3.8) is 0 Å². The van der Waals surface area contributed by atoms with E-state index in [-0.39, 0.29) is 4.90 Å².